The lowest BCUT2D eigenvalue weighted by Gasteiger charge is -2.47. The minimum absolute atomic E-state index is 0.0791. The Balaban J connectivity index is 1.38. The van der Waals surface area contributed by atoms with Gasteiger partial charge in [0.15, 0.2) is 0 Å². The highest BCUT2D eigenvalue weighted by Crippen LogP contribution is 2.46. The normalized spacial score (nSPS) is 18.1. The van der Waals surface area contributed by atoms with Gasteiger partial charge in [-0.1, -0.05) is 48.0 Å². The van der Waals surface area contributed by atoms with Crippen molar-refractivity contribution in [2.45, 2.75) is 17.4 Å². The molecule has 182 valence electrons. The first-order chi connectivity index (χ1) is 17.4. The zero-order valence-corrected chi connectivity index (χ0v) is 20.5. The smallest absolute Gasteiger partial charge is 0.243 e. The summed E-state index contributed by atoms with van der Waals surface area (Å²) >= 11 is 7.43. The van der Waals surface area contributed by atoms with Crippen LogP contribution in [-0.2, 0) is 4.79 Å². The molecule has 1 fully saturated rings. The van der Waals surface area contributed by atoms with Crippen LogP contribution < -0.4 is 4.90 Å². The summed E-state index contributed by atoms with van der Waals surface area (Å²) in [6.45, 7) is 0. The molecule has 0 saturated carbocycles. The van der Waals surface area contributed by atoms with Crippen LogP contribution in [0.3, 0.4) is 0 Å². The highest BCUT2D eigenvalue weighted by Gasteiger charge is 2.49. The Morgan fingerprint density at radius 2 is 1.78 bits per heavy atom. The molecule has 0 unspecified atom stereocenters. The van der Waals surface area contributed by atoms with Crippen LogP contribution in [0, 0.1) is 5.82 Å². The predicted octanol–water partition coefficient (Wildman–Crippen LogP) is 6.17. The number of phenols is 1. The third-order valence-electron chi connectivity index (χ3n) is 6.18. The van der Waals surface area contributed by atoms with Gasteiger partial charge in [-0.2, -0.15) is 0 Å². The summed E-state index contributed by atoms with van der Waals surface area (Å²) in [5.41, 5.74) is 4.02. The third kappa shape index (κ3) is 4.82. The maximum atomic E-state index is 13.4. The summed E-state index contributed by atoms with van der Waals surface area (Å²) in [4.78, 5) is 19.2. The number of aromatic hydroxyl groups is 1. The average molecular weight is 521 g/mol. The number of carbonyl (C=O) groups excluding carboxylic acids is 1. The quantitative estimate of drug-likeness (QED) is 0.285. The van der Waals surface area contributed by atoms with Crippen molar-refractivity contribution < 1.29 is 19.4 Å². The lowest BCUT2D eigenvalue weighted by molar-refractivity contribution is -0.123. The number of pyridine rings is 1. The van der Waals surface area contributed by atoms with Crippen LogP contribution >= 0.6 is 23.4 Å². The van der Waals surface area contributed by atoms with E-state index < -0.39 is 17.2 Å². The van der Waals surface area contributed by atoms with E-state index in [-0.39, 0.29) is 28.5 Å². The molecule has 0 aliphatic carbocycles. The highest BCUT2D eigenvalue weighted by molar-refractivity contribution is 8.00. The number of carbonyl (C=O) groups is 1. The van der Waals surface area contributed by atoms with Crippen LogP contribution in [0.5, 0.6) is 5.75 Å². The van der Waals surface area contributed by atoms with E-state index >= 15 is 0 Å². The van der Waals surface area contributed by atoms with Crippen LogP contribution in [0.2, 0.25) is 5.02 Å². The second-order valence-corrected chi connectivity index (χ2v) is 10.1. The van der Waals surface area contributed by atoms with Crippen molar-refractivity contribution in [2.75, 3.05) is 10.7 Å². The largest absolute Gasteiger partial charge is 0.508 e. The molecule has 1 amide bonds. The van der Waals surface area contributed by atoms with Gasteiger partial charge in [-0.25, -0.2) is 4.39 Å². The van der Waals surface area contributed by atoms with Gasteiger partial charge >= 0.3 is 0 Å². The van der Waals surface area contributed by atoms with Crippen LogP contribution in [0.25, 0.3) is 11.1 Å². The van der Waals surface area contributed by atoms with Crippen molar-refractivity contribution in [1.29, 1.82) is 0 Å². The van der Waals surface area contributed by atoms with E-state index in [9.17, 15) is 19.4 Å². The van der Waals surface area contributed by atoms with Crippen LogP contribution in [0.1, 0.15) is 23.3 Å². The molecule has 1 saturated heterocycles. The first kappa shape index (κ1) is 24.3. The molecule has 3 atom stereocenters. The predicted molar refractivity (Wildman–Crippen MR) is 141 cm³/mol. The molecule has 0 radical (unpaired) electrons. The lowest BCUT2D eigenvalue weighted by Crippen LogP contribution is -2.57. The van der Waals surface area contributed by atoms with Crippen molar-refractivity contribution in [3.8, 4) is 16.9 Å². The standard InChI is InChI=1S/C28H22ClFN2O3S/c29-24-14-20(30)7-12-23(24)25(34)16-36-27-26(18-5-10-22(33)11-6-18)32(28(27)35)21-8-3-17(4-9-21)19-2-1-13-31-15-19/h1-15,25-27,33-34H,16H2/t25-,26+,27+/m0/s1. The molecule has 1 aromatic heterocycles. The Morgan fingerprint density at radius 1 is 1.03 bits per heavy atom. The molecule has 4 aromatic rings. The molecule has 1 aliphatic rings. The molecule has 1 aliphatic heterocycles. The molecule has 5 rings (SSSR count). The highest BCUT2D eigenvalue weighted by atomic mass is 35.5. The van der Waals surface area contributed by atoms with Gasteiger partial charge in [0.1, 0.15) is 16.8 Å². The second kappa shape index (κ2) is 10.3. The lowest BCUT2D eigenvalue weighted by atomic mass is 9.92. The maximum Gasteiger partial charge on any atom is 0.243 e. The Labute approximate surface area is 217 Å². The van der Waals surface area contributed by atoms with Gasteiger partial charge in [0.25, 0.3) is 0 Å². The van der Waals surface area contributed by atoms with Gasteiger partial charge in [0.2, 0.25) is 5.91 Å². The van der Waals surface area contributed by atoms with Crippen molar-refractivity contribution in [2.24, 2.45) is 0 Å². The summed E-state index contributed by atoms with van der Waals surface area (Å²) in [6.07, 6.45) is 2.55. The third-order valence-corrected chi connectivity index (χ3v) is 7.83. The van der Waals surface area contributed by atoms with E-state index in [2.05, 4.69) is 4.98 Å². The first-order valence-electron chi connectivity index (χ1n) is 11.3. The molecule has 3 aromatic carbocycles. The molecule has 0 bridgehead atoms. The van der Waals surface area contributed by atoms with Gasteiger partial charge in [-0.3, -0.25) is 9.78 Å². The minimum Gasteiger partial charge on any atom is -0.508 e. The zero-order valence-electron chi connectivity index (χ0n) is 19.0. The Bertz CT molecular complexity index is 1370. The van der Waals surface area contributed by atoms with Gasteiger partial charge in [0, 0.05) is 34.4 Å². The van der Waals surface area contributed by atoms with Gasteiger partial charge in [-0.15, -0.1) is 11.8 Å². The number of benzene rings is 3. The summed E-state index contributed by atoms with van der Waals surface area (Å²) in [6, 6.07) is 21.9. The number of aromatic nitrogens is 1. The van der Waals surface area contributed by atoms with E-state index in [0.717, 1.165) is 28.4 Å². The Kier molecular flexibility index (Phi) is 6.96. The zero-order chi connectivity index (χ0) is 25.2. The Hall–Kier alpha value is -3.39. The van der Waals surface area contributed by atoms with Crippen LogP contribution in [0.15, 0.2) is 91.3 Å². The summed E-state index contributed by atoms with van der Waals surface area (Å²) < 4.78 is 13.4. The molecule has 36 heavy (non-hydrogen) atoms. The SMILES string of the molecule is O=C1[C@H](SC[C@H](O)c2ccc(F)cc2Cl)[C@@H](c2ccc(O)cc2)N1c1ccc(-c2cccnc2)cc1. The first-order valence-corrected chi connectivity index (χ1v) is 12.7. The van der Waals surface area contributed by atoms with Gasteiger partial charge in [0.05, 0.1) is 12.1 Å². The Morgan fingerprint density at radius 3 is 2.44 bits per heavy atom. The topological polar surface area (TPSA) is 73.7 Å². The number of hydrogen-bond donors (Lipinski definition) is 2. The van der Waals surface area contributed by atoms with E-state index in [1.807, 2.05) is 36.4 Å². The molecular formula is C28H22ClFN2O3S. The van der Waals surface area contributed by atoms with E-state index in [1.165, 1.54) is 23.9 Å². The van der Waals surface area contributed by atoms with E-state index in [4.69, 9.17) is 11.6 Å². The molecule has 0 spiro atoms. The van der Waals surface area contributed by atoms with Gasteiger partial charge in [-0.05, 0) is 59.2 Å². The number of aliphatic hydroxyl groups is 1. The number of rotatable bonds is 7. The van der Waals surface area contributed by atoms with E-state index in [0.29, 0.717) is 5.56 Å². The molecule has 2 N–H and O–H groups in total. The number of halogens is 2. The fourth-order valence-corrected chi connectivity index (χ4v) is 5.89. The number of nitrogens with zero attached hydrogens (tertiary/aromatic N) is 2. The molecule has 8 heteroatoms. The summed E-state index contributed by atoms with van der Waals surface area (Å²) in [5, 5.41) is 20.1. The number of thioether (sulfide) groups is 1. The fraction of sp³-hybridized carbons (Fsp3) is 0.143. The average Bonchev–Trinajstić information content (AvgIpc) is 2.89. The second-order valence-electron chi connectivity index (χ2n) is 8.47. The number of β-lactam (4-membered cyclic amide) rings is 1. The number of phenolic OH excluding ortho intramolecular Hbond substituents is 1. The van der Waals surface area contributed by atoms with Gasteiger partial charge < -0.3 is 15.1 Å². The monoisotopic (exact) mass is 520 g/mol. The number of anilines is 1. The molecule has 2 heterocycles. The van der Waals surface area contributed by atoms with E-state index in [1.54, 1.807) is 41.6 Å². The number of aliphatic hydroxyl groups excluding tert-OH is 1. The summed E-state index contributed by atoms with van der Waals surface area (Å²) in [7, 11) is 0. The van der Waals surface area contributed by atoms with Crippen molar-refractivity contribution in [1.82, 2.24) is 4.98 Å². The number of amides is 1. The van der Waals surface area contributed by atoms with Crippen LogP contribution in [0.4, 0.5) is 10.1 Å². The van der Waals surface area contributed by atoms with Crippen LogP contribution in [-0.4, -0.2) is 32.1 Å². The summed E-state index contributed by atoms with van der Waals surface area (Å²) in [5.74, 6) is -0.202. The van der Waals surface area contributed by atoms with Crippen molar-refractivity contribution in [3.63, 3.8) is 0 Å². The van der Waals surface area contributed by atoms with Crippen molar-refractivity contribution >= 4 is 35.0 Å². The fourth-order valence-electron chi connectivity index (χ4n) is 4.31. The number of hydrogen-bond acceptors (Lipinski definition) is 5. The maximum absolute atomic E-state index is 13.4. The molecule has 5 nitrogen and oxygen atoms in total. The minimum atomic E-state index is -0.954. The molecular weight excluding hydrogens is 499 g/mol. The van der Waals surface area contributed by atoms with Crippen molar-refractivity contribution in [3.05, 3.63) is 113 Å².